The third-order valence-corrected chi connectivity index (χ3v) is 6.59. The zero-order chi connectivity index (χ0) is 25.2. The molecule has 0 spiro atoms. The van der Waals surface area contributed by atoms with Gasteiger partial charge in [-0.25, -0.2) is 9.59 Å². The van der Waals surface area contributed by atoms with E-state index in [9.17, 15) is 9.59 Å². The predicted octanol–water partition coefficient (Wildman–Crippen LogP) is 6.93. The Morgan fingerprint density at radius 1 is 0.971 bits per heavy atom. The first-order valence-electron chi connectivity index (χ1n) is 11.5. The fourth-order valence-electron chi connectivity index (χ4n) is 4.03. The minimum Gasteiger partial charge on any atom is -0.496 e. The molecule has 0 radical (unpaired) electrons. The number of esters is 1. The van der Waals surface area contributed by atoms with Crippen LogP contribution in [0.2, 0.25) is 0 Å². The van der Waals surface area contributed by atoms with Crippen molar-refractivity contribution in [1.29, 1.82) is 0 Å². The van der Waals surface area contributed by atoms with Gasteiger partial charge in [-0.1, -0.05) is 42.5 Å². The molecule has 1 N–H and O–H groups in total. The number of carbonyl (C=O) groups excluding carboxylic acids is 2. The molecule has 0 bridgehead atoms. The van der Waals surface area contributed by atoms with Crippen molar-refractivity contribution in [3.8, 4) is 16.9 Å². The molecule has 0 fully saturated rings. The largest absolute Gasteiger partial charge is 0.496 e. The fraction of sp³-hybridized carbons (Fsp3) is 0.286. The zero-order valence-electron chi connectivity index (χ0n) is 20.6. The normalized spacial score (nSPS) is 11.5. The van der Waals surface area contributed by atoms with E-state index in [1.165, 1.54) is 11.3 Å². The number of nitrogens with one attached hydrogen (secondary N) is 1. The van der Waals surface area contributed by atoms with Gasteiger partial charge in [0.25, 0.3) is 0 Å². The first kappa shape index (κ1) is 24.5. The van der Waals surface area contributed by atoms with Gasteiger partial charge < -0.3 is 19.5 Å². The Bertz CT molecular complexity index is 1390. The average Bonchev–Trinajstić information content (AvgIpc) is 3.18. The second-order valence-electron chi connectivity index (χ2n) is 9.05. The van der Waals surface area contributed by atoms with Gasteiger partial charge in [-0.2, -0.15) is 0 Å². The number of hydrogen-bond donors (Lipinski definition) is 1. The number of carbonyl (C=O) groups is 2. The summed E-state index contributed by atoms with van der Waals surface area (Å²) >= 11 is 1.44. The SMILES string of the molecule is CCOC(=O)c1c(CNC(=O)OC(C)(C)C)sc2cc(-c3cccc4ccccc34)c(OC)cc12. The van der Waals surface area contributed by atoms with Crippen LogP contribution in [0.3, 0.4) is 0 Å². The highest BCUT2D eigenvalue weighted by Gasteiger charge is 2.24. The van der Waals surface area contributed by atoms with Crippen LogP contribution in [0, 0.1) is 0 Å². The Balaban J connectivity index is 1.83. The Hall–Kier alpha value is -3.58. The highest BCUT2D eigenvalue weighted by atomic mass is 32.1. The summed E-state index contributed by atoms with van der Waals surface area (Å²) < 4.78 is 17.4. The number of ether oxygens (including phenoxy) is 3. The topological polar surface area (TPSA) is 73.9 Å². The number of alkyl carbamates (subject to hydrolysis) is 1. The van der Waals surface area contributed by atoms with Gasteiger partial charge in [0.05, 0.1) is 25.8 Å². The average molecular weight is 492 g/mol. The van der Waals surface area contributed by atoms with E-state index in [0.717, 1.165) is 32.0 Å². The third-order valence-electron chi connectivity index (χ3n) is 5.43. The number of amides is 1. The lowest BCUT2D eigenvalue weighted by Crippen LogP contribution is -2.32. The van der Waals surface area contributed by atoms with Gasteiger partial charge in [0.15, 0.2) is 0 Å². The second-order valence-corrected chi connectivity index (χ2v) is 10.2. The van der Waals surface area contributed by atoms with Crippen molar-refractivity contribution in [2.24, 2.45) is 0 Å². The van der Waals surface area contributed by atoms with Gasteiger partial charge in [-0.15, -0.1) is 11.3 Å². The number of methoxy groups -OCH3 is 1. The Labute approximate surface area is 208 Å². The van der Waals surface area contributed by atoms with Crippen molar-refractivity contribution in [1.82, 2.24) is 5.32 Å². The quantitative estimate of drug-likeness (QED) is 0.296. The molecule has 7 heteroatoms. The van der Waals surface area contributed by atoms with Crippen LogP contribution in [0.25, 0.3) is 32.0 Å². The Kier molecular flexibility index (Phi) is 6.98. The number of hydrogen-bond acceptors (Lipinski definition) is 6. The smallest absolute Gasteiger partial charge is 0.407 e. The van der Waals surface area contributed by atoms with Gasteiger partial charge >= 0.3 is 12.1 Å². The molecule has 0 saturated heterocycles. The first-order chi connectivity index (χ1) is 16.7. The van der Waals surface area contributed by atoms with Crippen LogP contribution in [0.1, 0.15) is 42.9 Å². The molecule has 1 amide bonds. The van der Waals surface area contributed by atoms with Crippen molar-refractivity contribution >= 4 is 44.3 Å². The molecule has 6 nitrogen and oxygen atoms in total. The summed E-state index contributed by atoms with van der Waals surface area (Å²) in [7, 11) is 1.62. The van der Waals surface area contributed by atoms with Gasteiger partial charge in [0.2, 0.25) is 0 Å². The number of fused-ring (bicyclic) bond motifs is 2. The van der Waals surface area contributed by atoms with E-state index in [0.29, 0.717) is 16.2 Å². The molecule has 35 heavy (non-hydrogen) atoms. The maximum Gasteiger partial charge on any atom is 0.407 e. The van der Waals surface area contributed by atoms with E-state index < -0.39 is 17.7 Å². The van der Waals surface area contributed by atoms with Crippen LogP contribution >= 0.6 is 11.3 Å². The minimum absolute atomic E-state index is 0.147. The van der Waals surface area contributed by atoms with Gasteiger partial charge in [0.1, 0.15) is 11.4 Å². The van der Waals surface area contributed by atoms with Crippen LogP contribution in [0.5, 0.6) is 5.75 Å². The zero-order valence-corrected chi connectivity index (χ0v) is 21.4. The second kappa shape index (κ2) is 9.96. The summed E-state index contributed by atoms with van der Waals surface area (Å²) in [6, 6.07) is 18.3. The molecule has 182 valence electrons. The van der Waals surface area contributed by atoms with Crippen molar-refractivity contribution in [3.63, 3.8) is 0 Å². The summed E-state index contributed by atoms with van der Waals surface area (Å²) in [5, 5.41) is 5.74. The van der Waals surface area contributed by atoms with Crippen LogP contribution in [0.4, 0.5) is 4.79 Å². The monoisotopic (exact) mass is 491 g/mol. The van der Waals surface area contributed by atoms with E-state index in [-0.39, 0.29) is 13.2 Å². The van der Waals surface area contributed by atoms with E-state index >= 15 is 0 Å². The Morgan fingerprint density at radius 3 is 2.43 bits per heavy atom. The molecule has 4 aromatic rings. The molecule has 0 unspecified atom stereocenters. The molecular weight excluding hydrogens is 462 g/mol. The van der Waals surface area contributed by atoms with Crippen LogP contribution in [-0.2, 0) is 16.0 Å². The maximum atomic E-state index is 12.9. The molecule has 1 aromatic heterocycles. The number of rotatable bonds is 6. The summed E-state index contributed by atoms with van der Waals surface area (Å²) in [5.74, 6) is 0.226. The van der Waals surface area contributed by atoms with Gasteiger partial charge in [-0.3, -0.25) is 0 Å². The Morgan fingerprint density at radius 2 is 1.71 bits per heavy atom. The van der Waals surface area contributed by atoms with Gasteiger partial charge in [0, 0.05) is 20.5 Å². The summed E-state index contributed by atoms with van der Waals surface area (Å²) in [4.78, 5) is 25.9. The van der Waals surface area contributed by atoms with Crippen molar-refractivity contribution in [2.75, 3.05) is 13.7 Å². The molecule has 4 rings (SSSR count). The fourth-order valence-corrected chi connectivity index (χ4v) is 5.18. The lowest BCUT2D eigenvalue weighted by molar-refractivity contribution is 0.0505. The highest BCUT2D eigenvalue weighted by Crippen LogP contribution is 2.42. The van der Waals surface area contributed by atoms with Gasteiger partial charge in [-0.05, 0) is 56.2 Å². The minimum atomic E-state index is -0.616. The molecule has 0 aliphatic heterocycles. The van der Waals surface area contributed by atoms with Crippen molar-refractivity contribution < 1.29 is 23.8 Å². The molecule has 0 aliphatic rings. The summed E-state index contributed by atoms with van der Waals surface area (Å²) in [6.45, 7) is 7.57. The lowest BCUT2D eigenvalue weighted by atomic mass is 9.96. The van der Waals surface area contributed by atoms with Crippen molar-refractivity contribution in [3.05, 3.63) is 65.0 Å². The van der Waals surface area contributed by atoms with Crippen LogP contribution < -0.4 is 10.1 Å². The molecule has 0 aliphatic carbocycles. The lowest BCUT2D eigenvalue weighted by Gasteiger charge is -2.19. The standard InChI is InChI=1S/C28H29NO5S/c1-6-33-26(30)25-21-14-22(32-5)20(19-13-9-11-17-10-7-8-12-18(17)19)15-23(21)35-24(25)16-29-27(31)34-28(2,3)4/h7-15H,6,16H2,1-5H3,(H,29,31). The van der Waals surface area contributed by atoms with Crippen LogP contribution in [-0.4, -0.2) is 31.4 Å². The molecular formula is C28H29NO5S. The first-order valence-corrected chi connectivity index (χ1v) is 12.3. The van der Waals surface area contributed by atoms with E-state index in [1.54, 1.807) is 34.8 Å². The third kappa shape index (κ3) is 5.25. The maximum absolute atomic E-state index is 12.9. The molecule has 0 atom stereocenters. The molecule has 0 saturated carbocycles. The number of thiophene rings is 1. The number of benzene rings is 3. The van der Waals surface area contributed by atoms with E-state index in [4.69, 9.17) is 14.2 Å². The molecule has 1 heterocycles. The highest BCUT2D eigenvalue weighted by molar-refractivity contribution is 7.19. The van der Waals surface area contributed by atoms with E-state index in [2.05, 4.69) is 29.6 Å². The molecule has 3 aromatic carbocycles. The predicted molar refractivity (Wildman–Crippen MR) is 140 cm³/mol. The van der Waals surface area contributed by atoms with E-state index in [1.807, 2.05) is 30.3 Å². The summed E-state index contributed by atoms with van der Waals surface area (Å²) in [5.41, 5.74) is 1.79. The van der Waals surface area contributed by atoms with Crippen LogP contribution in [0.15, 0.2) is 54.6 Å². The van der Waals surface area contributed by atoms with Crippen molar-refractivity contribution in [2.45, 2.75) is 39.8 Å². The summed E-state index contributed by atoms with van der Waals surface area (Å²) in [6.07, 6.45) is -0.543.